The van der Waals surface area contributed by atoms with Crippen molar-refractivity contribution in [1.29, 1.82) is 0 Å². The molecule has 1 fully saturated rings. The molecule has 10 nitrogen and oxygen atoms in total. The predicted molar refractivity (Wildman–Crippen MR) is 183 cm³/mol. The minimum absolute atomic E-state index is 0.190. The zero-order chi connectivity index (χ0) is 32.4. The van der Waals surface area contributed by atoms with Crippen LogP contribution in [-0.4, -0.2) is 85.7 Å². The Morgan fingerprint density at radius 1 is 1.00 bits per heavy atom. The van der Waals surface area contributed by atoms with Gasteiger partial charge in [-0.05, 0) is 92.2 Å². The van der Waals surface area contributed by atoms with Crippen LogP contribution in [0.2, 0.25) is 0 Å². The molecule has 0 saturated carbocycles. The summed E-state index contributed by atoms with van der Waals surface area (Å²) in [4.78, 5) is 18.4. The van der Waals surface area contributed by atoms with E-state index in [4.69, 9.17) is 4.74 Å². The molecule has 246 valence electrons. The van der Waals surface area contributed by atoms with Crippen LogP contribution in [-0.2, 0) is 23.1 Å². The Labute approximate surface area is 273 Å². The van der Waals surface area contributed by atoms with Gasteiger partial charge in [-0.25, -0.2) is 4.68 Å². The van der Waals surface area contributed by atoms with E-state index in [1.54, 1.807) is 15.1 Å². The van der Waals surface area contributed by atoms with Crippen LogP contribution >= 0.6 is 10.8 Å². The van der Waals surface area contributed by atoms with Gasteiger partial charge in [0.25, 0.3) is 0 Å². The minimum Gasteiger partial charge on any atom is -0.466 e. The molecule has 6 rings (SSSR count). The van der Waals surface area contributed by atoms with Crippen molar-refractivity contribution in [2.24, 2.45) is 7.05 Å². The maximum atomic E-state index is 13.4. The Hall–Kier alpha value is -3.48. The van der Waals surface area contributed by atoms with Gasteiger partial charge in [0.1, 0.15) is 5.52 Å². The molecule has 2 aliphatic heterocycles. The van der Waals surface area contributed by atoms with Gasteiger partial charge in [0.05, 0.1) is 29.1 Å². The Balaban J connectivity index is 1.29. The molecule has 0 amide bonds. The summed E-state index contributed by atoms with van der Waals surface area (Å²) in [5.74, 6) is -0.498. The van der Waals surface area contributed by atoms with Gasteiger partial charge in [-0.15, -0.1) is 15.9 Å². The molecule has 0 aliphatic carbocycles. The number of likely N-dealkylation sites (N-methyl/N-ethyl adjacent to an activating group) is 1. The van der Waals surface area contributed by atoms with E-state index in [0.717, 1.165) is 70.6 Å². The summed E-state index contributed by atoms with van der Waals surface area (Å²) in [5.41, 5.74) is 7.60. The van der Waals surface area contributed by atoms with Gasteiger partial charge in [0, 0.05) is 46.2 Å². The first kappa shape index (κ1) is 32.5. The SMILES string of the molecule is Cc1ccc(C(CC(=O)OCCCN2CCCC2)c2ccc3c(nnn3C)c2C)cc1CN1CCN(C)c2ccccc2S1(O)O. The molecule has 1 unspecified atom stereocenters. The molecule has 0 radical (unpaired) electrons. The number of fused-ring (bicyclic) bond motifs is 2. The van der Waals surface area contributed by atoms with Crippen LogP contribution in [0.15, 0.2) is 59.5 Å². The highest BCUT2D eigenvalue weighted by molar-refractivity contribution is 8.22. The largest absolute Gasteiger partial charge is 0.466 e. The summed E-state index contributed by atoms with van der Waals surface area (Å²) in [6.45, 7) is 9.22. The fraction of sp³-hybridized carbons (Fsp3) is 0.457. The Morgan fingerprint density at radius 3 is 2.59 bits per heavy atom. The number of aromatic nitrogens is 3. The van der Waals surface area contributed by atoms with Crippen molar-refractivity contribution in [2.45, 2.75) is 56.9 Å². The number of ether oxygens (including phenoxy) is 1. The Kier molecular flexibility index (Phi) is 9.67. The van der Waals surface area contributed by atoms with Gasteiger partial charge in [-0.3, -0.25) is 13.9 Å². The summed E-state index contributed by atoms with van der Waals surface area (Å²) < 4.78 is 32.5. The second-order valence-electron chi connectivity index (χ2n) is 12.7. The summed E-state index contributed by atoms with van der Waals surface area (Å²) >= 11 is 0. The molecular formula is C35H46N6O4S. The number of hydrogen-bond donors (Lipinski definition) is 2. The number of nitrogens with zero attached hydrogens (tertiary/aromatic N) is 6. The molecular weight excluding hydrogens is 600 g/mol. The third-order valence-electron chi connectivity index (χ3n) is 9.64. The van der Waals surface area contributed by atoms with E-state index in [0.29, 0.717) is 31.1 Å². The summed E-state index contributed by atoms with van der Waals surface area (Å²) in [7, 11) is 0.636. The number of benzene rings is 3. The highest BCUT2D eigenvalue weighted by Crippen LogP contribution is 2.56. The highest BCUT2D eigenvalue weighted by atomic mass is 32.3. The first-order valence-electron chi connectivity index (χ1n) is 16.2. The molecule has 3 aromatic carbocycles. The normalized spacial score (nSPS) is 18.3. The van der Waals surface area contributed by atoms with E-state index in [-0.39, 0.29) is 18.3 Å². The van der Waals surface area contributed by atoms with Gasteiger partial charge in [0.15, 0.2) is 0 Å². The smallest absolute Gasteiger partial charge is 0.306 e. The average Bonchev–Trinajstić information content (AvgIpc) is 3.69. The molecule has 4 aromatic rings. The van der Waals surface area contributed by atoms with Gasteiger partial charge in [-0.2, -0.15) is 4.31 Å². The molecule has 1 saturated heterocycles. The van der Waals surface area contributed by atoms with Crippen LogP contribution < -0.4 is 4.90 Å². The van der Waals surface area contributed by atoms with Crippen molar-refractivity contribution in [3.05, 3.63) is 82.4 Å². The van der Waals surface area contributed by atoms with Crippen LogP contribution in [0.4, 0.5) is 5.69 Å². The zero-order valence-electron chi connectivity index (χ0n) is 27.4. The van der Waals surface area contributed by atoms with Gasteiger partial charge in [-0.1, -0.05) is 41.6 Å². The molecule has 0 spiro atoms. The lowest BCUT2D eigenvalue weighted by molar-refractivity contribution is -0.144. The Bertz CT molecular complexity index is 1700. The maximum absolute atomic E-state index is 13.4. The molecule has 3 heterocycles. The summed E-state index contributed by atoms with van der Waals surface area (Å²) in [6.07, 6.45) is 3.51. The van der Waals surface area contributed by atoms with Crippen LogP contribution in [0.3, 0.4) is 0 Å². The third-order valence-corrected chi connectivity index (χ3v) is 11.6. The average molecular weight is 647 g/mol. The van der Waals surface area contributed by atoms with E-state index < -0.39 is 10.8 Å². The minimum atomic E-state index is -3.22. The fourth-order valence-corrected chi connectivity index (χ4v) is 8.53. The van der Waals surface area contributed by atoms with Crippen LogP contribution in [0.25, 0.3) is 11.0 Å². The number of para-hydroxylation sites is 1. The Morgan fingerprint density at radius 2 is 1.78 bits per heavy atom. The lowest BCUT2D eigenvalue weighted by Gasteiger charge is -2.42. The van der Waals surface area contributed by atoms with Crippen molar-refractivity contribution >= 4 is 33.5 Å². The van der Waals surface area contributed by atoms with E-state index in [1.807, 2.05) is 52.2 Å². The molecule has 11 heteroatoms. The monoisotopic (exact) mass is 646 g/mol. The molecule has 1 aromatic heterocycles. The quantitative estimate of drug-likeness (QED) is 0.156. The number of hydrogen-bond acceptors (Lipinski definition) is 9. The second kappa shape index (κ2) is 13.7. The first-order chi connectivity index (χ1) is 22.1. The second-order valence-corrected chi connectivity index (χ2v) is 14.7. The maximum Gasteiger partial charge on any atom is 0.306 e. The standard InChI is InChI=1S/C35H46N6O4S/c1-25-12-13-27(22-28(25)24-41-20-19-38(3)31-10-5-6-11-33(31)46(41,43)44)30(23-34(42)45-21-9-18-40-16-7-8-17-40)29-14-15-32-35(26(29)2)36-37-39(32)4/h5-6,10-15,22,30,43-44H,7-9,16-21,23-24H2,1-4H3. The number of esters is 1. The number of carbonyl (C=O) groups is 1. The van der Waals surface area contributed by atoms with Crippen molar-refractivity contribution in [3.63, 3.8) is 0 Å². The number of rotatable bonds is 10. The lowest BCUT2D eigenvalue weighted by atomic mass is 9.84. The number of likely N-dealkylation sites (tertiary alicyclic amines) is 1. The van der Waals surface area contributed by atoms with Crippen molar-refractivity contribution in [1.82, 2.24) is 24.2 Å². The van der Waals surface area contributed by atoms with Crippen molar-refractivity contribution in [2.75, 3.05) is 51.3 Å². The topological polar surface area (TPSA) is 107 Å². The summed E-state index contributed by atoms with van der Waals surface area (Å²) in [5, 5.41) is 8.64. The van der Waals surface area contributed by atoms with Crippen LogP contribution in [0.1, 0.15) is 59.4 Å². The molecule has 1 atom stereocenters. The van der Waals surface area contributed by atoms with Crippen LogP contribution in [0.5, 0.6) is 0 Å². The summed E-state index contributed by atoms with van der Waals surface area (Å²) in [6, 6.07) is 17.9. The first-order valence-corrected chi connectivity index (χ1v) is 17.7. The number of carbonyl (C=O) groups excluding carboxylic acids is 1. The molecule has 46 heavy (non-hydrogen) atoms. The highest BCUT2D eigenvalue weighted by Gasteiger charge is 2.32. The van der Waals surface area contributed by atoms with Crippen molar-refractivity contribution in [3.8, 4) is 0 Å². The molecule has 2 aliphatic rings. The van der Waals surface area contributed by atoms with Crippen molar-refractivity contribution < 1.29 is 18.6 Å². The number of anilines is 1. The zero-order valence-corrected chi connectivity index (χ0v) is 28.2. The van der Waals surface area contributed by atoms with Crippen LogP contribution in [0, 0.1) is 13.8 Å². The third kappa shape index (κ3) is 6.65. The molecule has 0 bridgehead atoms. The van der Waals surface area contributed by atoms with Gasteiger partial charge in [0.2, 0.25) is 0 Å². The van der Waals surface area contributed by atoms with Gasteiger partial charge >= 0.3 is 5.97 Å². The lowest BCUT2D eigenvalue weighted by Crippen LogP contribution is -2.31. The molecule has 2 N–H and O–H groups in total. The predicted octanol–water partition coefficient (Wildman–Crippen LogP) is 6.11. The van der Waals surface area contributed by atoms with E-state index in [2.05, 4.69) is 44.4 Å². The van der Waals surface area contributed by atoms with E-state index in [1.165, 1.54) is 12.8 Å². The van der Waals surface area contributed by atoms with Gasteiger partial charge < -0.3 is 14.5 Å². The fourth-order valence-electron chi connectivity index (χ4n) is 6.83. The number of aryl methyl sites for hydroxylation is 3. The van der Waals surface area contributed by atoms with E-state index >= 15 is 0 Å². The van der Waals surface area contributed by atoms with E-state index in [9.17, 15) is 13.9 Å².